The molecule has 0 N–H and O–H groups in total. The fraction of sp³-hybridized carbons (Fsp3) is 0.348. The lowest BCUT2D eigenvalue weighted by molar-refractivity contribution is 0.285. The summed E-state index contributed by atoms with van der Waals surface area (Å²) in [5.74, 6) is 3.97. The summed E-state index contributed by atoms with van der Waals surface area (Å²) in [4.78, 5) is 0. The molecule has 8 heteroatoms. The first-order chi connectivity index (χ1) is 15.0. The van der Waals surface area contributed by atoms with Crippen molar-refractivity contribution in [2.45, 2.75) is 38.5 Å². The molecule has 0 radical (unpaired) electrons. The van der Waals surface area contributed by atoms with Crippen LogP contribution < -0.4 is 14.2 Å². The molecule has 2 aromatic carbocycles. The average molecular weight is 439 g/mol. The van der Waals surface area contributed by atoms with Gasteiger partial charge in [-0.25, -0.2) is 0 Å². The van der Waals surface area contributed by atoms with E-state index in [1.807, 2.05) is 18.2 Å². The van der Waals surface area contributed by atoms with Gasteiger partial charge >= 0.3 is 0 Å². The number of aryl methyl sites for hydroxylation is 1. The Morgan fingerprint density at radius 1 is 1.00 bits per heavy atom. The number of rotatable bonds is 7. The lowest BCUT2D eigenvalue weighted by Gasteiger charge is -2.17. The molecule has 0 spiro atoms. The molecule has 0 atom stereocenters. The van der Waals surface area contributed by atoms with Gasteiger partial charge in [0.15, 0.2) is 17.3 Å². The molecule has 0 fully saturated rings. The molecule has 4 rings (SSSR count). The minimum absolute atomic E-state index is 0.291. The third-order valence-electron chi connectivity index (χ3n) is 5.10. The molecule has 1 aliphatic heterocycles. The minimum Gasteiger partial charge on any atom is -0.493 e. The van der Waals surface area contributed by atoms with Gasteiger partial charge in [-0.2, -0.15) is 9.78 Å². The molecule has 0 aliphatic carbocycles. The van der Waals surface area contributed by atoms with Crippen LogP contribution >= 0.6 is 11.8 Å². The second-order valence-corrected chi connectivity index (χ2v) is 8.54. The SMILES string of the molecule is COc1ccc(C2=Nn3c(COc4cc(C)ccc4C(C)C)nnc3SC2)cc1OC. The van der Waals surface area contributed by atoms with E-state index in [0.717, 1.165) is 27.7 Å². The molecule has 162 valence electrons. The smallest absolute Gasteiger partial charge is 0.212 e. The van der Waals surface area contributed by atoms with E-state index in [9.17, 15) is 0 Å². The van der Waals surface area contributed by atoms with Crippen molar-refractivity contribution in [3.63, 3.8) is 0 Å². The first-order valence-electron chi connectivity index (χ1n) is 10.1. The first kappa shape index (κ1) is 21.2. The number of benzene rings is 2. The number of fused-ring (bicyclic) bond motifs is 1. The first-order valence-corrected chi connectivity index (χ1v) is 11.1. The van der Waals surface area contributed by atoms with Crippen LogP contribution in [-0.4, -0.2) is 40.6 Å². The Balaban J connectivity index is 1.60. The van der Waals surface area contributed by atoms with Crippen molar-refractivity contribution < 1.29 is 14.2 Å². The summed E-state index contributed by atoms with van der Waals surface area (Å²) in [6.45, 7) is 6.67. The highest BCUT2D eigenvalue weighted by Gasteiger charge is 2.21. The molecule has 1 aliphatic rings. The number of thioether (sulfide) groups is 1. The molecule has 1 aromatic heterocycles. The van der Waals surface area contributed by atoms with Gasteiger partial charge in [0, 0.05) is 11.3 Å². The Kier molecular flexibility index (Phi) is 6.18. The molecule has 0 bridgehead atoms. The Bertz CT molecular complexity index is 1120. The summed E-state index contributed by atoms with van der Waals surface area (Å²) < 4.78 is 18.7. The van der Waals surface area contributed by atoms with Crippen molar-refractivity contribution in [1.29, 1.82) is 0 Å². The monoisotopic (exact) mass is 438 g/mol. The van der Waals surface area contributed by atoms with Crippen molar-refractivity contribution in [3.8, 4) is 17.2 Å². The summed E-state index contributed by atoms with van der Waals surface area (Å²) in [5.41, 5.74) is 4.22. The van der Waals surface area contributed by atoms with Crippen LogP contribution in [0.4, 0.5) is 0 Å². The maximum Gasteiger partial charge on any atom is 0.212 e. The van der Waals surface area contributed by atoms with Gasteiger partial charge in [-0.15, -0.1) is 10.2 Å². The number of hydrogen-bond donors (Lipinski definition) is 0. The van der Waals surface area contributed by atoms with Crippen molar-refractivity contribution in [3.05, 3.63) is 58.9 Å². The van der Waals surface area contributed by atoms with E-state index < -0.39 is 0 Å². The van der Waals surface area contributed by atoms with Gasteiger partial charge in [0.2, 0.25) is 5.16 Å². The van der Waals surface area contributed by atoms with E-state index in [0.29, 0.717) is 35.6 Å². The average Bonchev–Trinajstić information content (AvgIpc) is 3.19. The van der Waals surface area contributed by atoms with Crippen LogP contribution in [0.15, 0.2) is 46.7 Å². The Morgan fingerprint density at radius 2 is 1.81 bits per heavy atom. The van der Waals surface area contributed by atoms with Crippen molar-refractivity contribution in [2.24, 2.45) is 5.10 Å². The lowest BCUT2D eigenvalue weighted by Crippen LogP contribution is -2.15. The third kappa shape index (κ3) is 4.39. The predicted molar refractivity (Wildman–Crippen MR) is 122 cm³/mol. The van der Waals surface area contributed by atoms with Crippen molar-refractivity contribution in [2.75, 3.05) is 20.0 Å². The summed E-state index contributed by atoms with van der Waals surface area (Å²) in [6, 6.07) is 12.1. The summed E-state index contributed by atoms with van der Waals surface area (Å²) in [5, 5.41) is 14.2. The predicted octanol–water partition coefficient (Wildman–Crippen LogP) is 4.66. The zero-order valence-electron chi connectivity index (χ0n) is 18.4. The van der Waals surface area contributed by atoms with Crippen LogP contribution in [0.25, 0.3) is 0 Å². The van der Waals surface area contributed by atoms with E-state index in [1.165, 1.54) is 5.56 Å². The highest BCUT2D eigenvalue weighted by molar-refractivity contribution is 7.99. The maximum atomic E-state index is 6.16. The minimum atomic E-state index is 0.291. The Morgan fingerprint density at radius 3 is 2.55 bits per heavy atom. The third-order valence-corrected chi connectivity index (χ3v) is 6.03. The maximum absolute atomic E-state index is 6.16. The molecule has 0 saturated carbocycles. The zero-order valence-corrected chi connectivity index (χ0v) is 19.2. The largest absolute Gasteiger partial charge is 0.493 e. The van der Waals surface area contributed by atoms with E-state index in [2.05, 4.69) is 49.2 Å². The van der Waals surface area contributed by atoms with Crippen LogP contribution in [0.3, 0.4) is 0 Å². The van der Waals surface area contributed by atoms with E-state index in [-0.39, 0.29) is 0 Å². The standard InChI is InChI=1S/C23H26N4O3S/c1-14(2)17-8-6-15(3)10-20(17)30-12-22-24-25-23-27(22)26-18(13-31-23)16-7-9-19(28-4)21(11-16)29-5/h6-11,14H,12-13H2,1-5H3. The van der Waals surface area contributed by atoms with E-state index >= 15 is 0 Å². The lowest BCUT2D eigenvalue weighted by atomic mass is 10.0. The Labute approximate surface area is 186 Å². The van der Waals surface area contributed by atoms with Gasteiger partial charge < -0.3 is 14.2 Å². The molecule has 0 unspecified atom stereocenters. The number of hydrogen-bond acceptors (Lipinski definition) is 7. The van der Waals surface area contributed by atoms with Crippen LogP contribution in [0, 0.1) is 6.92 Å². The zero-order chi connectivity index (χ0) is 22.0. The molecule has 31 heavy (non-hydrogen) atoms. The number of nitrogens with zero attached hydrogens (tertiary/aromatic N) is 4. The van der Waals surface area contributed by atoms with Gasteiger partial charge in [0.05, 0.1) is 19.9 Å². The van der Waals surface area contributed by atoms with Crippen LogP contribution in [-0.2, 0) is 6.61 Å². The molecule has 7 nitrogen and oxygen atoms in total. The van der Waals surface area contributed by atoms with E-state index in [1.54, 1.807) is 30.7 Å². The topological polar surface area (TPSA) is 70.8 Å². The molecular weight excluding hydrogens is 412 g/mol. The Hall–Kier alpha value is -3.00. The summed E-state index contributed by atoms with van der Waals surface area (Å²) in [6.07, 6.45) is 0. The quantitative estimate of drug-likeness (QED) is 0.534. The highest BCUT2D eigenvalue weighted by Crippen LogP contribution is 2.31. The molecular formula is C23H26N4O3S. The van der Waals surface area contributed by atoms with Crippen LogP contribution in [0.2, 0.25) is 0 Å². The van der Waals surface area contributed by atoms with Gasteiger partial charge in [0.1, 0.15) is 12.4 Å². The second kappa shape index (κ2) is 9.01. The van der Waals surface area contributed by atoms with Crippen LogP contribution in [0.5, 0.6) is 17.2 Å². The van der Waals surface area contributed by atoms with Gasteiger partial charge in [-0.05, 0) is 48.2 Å². The van der Waals surface area contributed by atoms with Crippen molar-refractivity contribution >= 4 is 17.5 Å². The van der Waals surface area contributed by atoms with Crippen molar-refractivity contribution in [1.82, 2.24) is 14.9 Å². The fourth-order valence-corrected chi connectivity index (χ4v) is 4.26. The number of aromatic nitrogens is 3. The number of ether oxygens (including phenoxy) is 3. The number of methoxy groups -OCH3 is 2. The molecule has 0 saturated heterocycles. The van der Waals surface area contributed by atoms with Crippen LogP contribution in [0.1, 0.15) is 42.3 Å². The highest BCUT2D eigenvalue weighted by atomic mass is 32.2. The molecule has 0 amide bonds. The molecule has 2 heterocycles. The molecule has 3 aromatic rings. The summed E-state index contributed by atoms with van der Waals surface area (Å²) >= 11 is 1.60. The van der Waals surface area contributed by atoms with E-state index in [4.69, 9.17) is 19.3 Å². The second-order valence-electron chi connectivity index (χ2n) is 7.60. The fourth-order valence-electron chi connectivity index (χ4n) is 3.40. The normalized spacial score (nSPS) is 13.0. The van der Waals surface area contributed by atoms with Gasteiger partial charge in [-0.3, -0.25) is 0 Å². The summed E-state index contributed by atoms with van der Waals surface area (Å²) in [7, 11) is 3.25. The van der Waals surface area contributed by atoms with Gasteiger partial charge in [-0.1, -0.05) is 37.7 Å². The van der Waals surface area contributed by atoms with Gasteiger partial charge in [0.25, 0.3) is 0 Å².